The van der Waals surface area contributed by atoms with Crippen LogP contribution >= 0.6 is 0 Å². The third-order valence-corrected chi connectivity index (χ3v) is 2.41. The Bertz CT molecular complexity index is 456. The van der Waals surface area contributed by atoms with Gasteiger partial charge in [0.25, 0.3) is 0 Å². The molecule has 7 heteroatoms. The van der Waals surface area contributed by atoms with Crippen molar-refractivity contribution in [2.24, 2.45) is 5.41 Å². The summed E-state index contributed by atoms with van der Waals surface area (Å²) in [7, 11) is 0. The lowest BCUT2D eigenvalue weighted by atomic mass is 9.87. The predicted molar refractivity (Wildman–Crippen MR) is 74.3 cm³/mol. The fraction of sp³-hybridized carbons (Fsp3) is 0.538. The highest BCUT2D eigenvalue weighted by Gasteiger charge is 2.22. The molecule has 1 heterocycles. The van der Waals surface area contributed by atoms with E-state index in [1.165, 1.54) is 12.4 Å². The Hall–Kier alpha value is -2.18. The van der Waals surface area contributed by atoms with Gasteiger partial charge in [-0.1, -0.05) is 20.8 Å². The third-order valence-electron chi connectivity index (χ3n) is 2.41. The minimum absolute atomic E-state index is 0.0867. The number of aliphatic carboxylic acids is 1. The topological polar surface area (TPSA) is 104 Å². The van der Waals surface area contributed by atoms with Gasteiger partial charge in [-0.15, -0.1) is 0 Å². The number of urea groups is 1. The average Bonchev–Trinajstić information content (AvgIpc) is 2.26. The first kappa shape index (κ1) is 15.9. The molecule has 0 bridgehead atoms. The van der Waals surface area contributed by atoms with Gasteiger partial charge < -0.3 is 10.4 Å². The highest BCUT2D eigenvalue weighted by molar-refractivity contribution is 5.87. The number of hydrogen-bond donors (Lipinski definition) is 3. The Balaban J connectivity index is 2.59. The normalized spacial score (nSPS) is 12.6. The molecule has 0 saturated heterocycles. The van der Waals surface area contributed by atoms with Crippen LogP contribution < -0.4 is 10.6 Å². The van der Waals surface area contributed by atoms with Crippen molar-refractivity contribution in [3.8, 4) is 0 Å². The van der Waals surface area contributed by atoms with Gasteiger partial charge in [0.1, 0.15) is 0 Å². The molecule has 110 valence electrons. The number of aromatic nitrogens is 2. The van der Waals surface area contributed by atoms with E-state index in [2.05, 4.69) is 20.6 Å². The number of amides is 2. The molecular formula is C13H20N4O3. The molecular weight excluding hydrogens is 260 g/mol. The summed E-state index contributed by atoms with van der Waals surface area (Å²) < 4.78 is 0. The number of nitrogens with zero attached hydrogens (tertiary/aromatic N) is 2. The second-order valence-electron chi connectivity index (χ2n) is 5.73. The van der Waals surface area contributed by atoms with Crippen LogP contribution in [0.25, 0.3) is 0 Å². The Morgan fingerprint density at radius 2 is 1.90 bits per heavy atom. The number of carboxylic acid groups (broad SMARTS) is 1. The van der Waals surface area contributed by atoms with Gasteiger partial charge in [-0.05, 0) is 17.9 Å². The zero-order valence-electron chi connectivity index (χ0n) is 11.9. The fourth-order valence-electron chi connectivity index (χ4n) is 1.81. The van der Waals surface area contributed by atoms with Crippen molar-refractivity contribution in [2.45, 2.75) is 39.7 Å². The van der Waals surface area contributed by atoms with Crippen molar-refractivity contribution >= 4 is 17.9 Å². The van der Waals surface area contributed by atoms with Gasteiger partial charge in [0.15, 0.2) is 0 Å². The van der Waals surface area contributed by atoms with Gasteiger partial charge in [0.2, 0.25) is 5.95 Å². The molecule has 2 amide bonds. The number of rotatable bonds is 5. The van der Waals surface area contributed by atoms with Crippen LogP contribution in [0.4, 0.5) is 10.7 Å². The Morgan fingerprint density at radius 1 is 1.30 bits per heavy atom. The third kappa shape index (κ3) is 6.67. The summed E-state index contributed by atoms with van der Waals surface area (Å²) in [6.45, 7) is 5.96. The van der Waals surface area contributed by atoms with Crippen molar-refractivity contribution < 1.29 is 14.7 Å². The van der Waals surface area contributed by atoms with Crippen molar-refractivity contribution in [2.75, 3.05) is 5.32 Å². The largest absolute Gasteiger partial charge is 0.481 e. The molecule has 0 saturated carbocycles. The minimum atomic E-state index is -0.949. The average molecular weight is 280 g/mol. The predicted octanol–water partition coefficient (Wildman–Crippen LogP) is 1.88. The molecule has 0 aliphatic rings. The first-order valence-electron chi connectivity index (χ1n) is 6.32. The molecule has 7 nitrogen and oxygen atoms in total. The van der Waals surface area contributed by atoms with Gasteiger partial charge in [-0.25, -0.2) is 14.8 Å². The van der Waals surface area contributed by atoms with E-state index in [-0.39, 0.29) is 17.8 Å². The first-order valence-corrected chi connectivity index (χ1v) is 6.32. The number of carbonyl (C=O) groups is 2. The molecule has 0 aliphatic carbocycles. The van der Waals surface area contributed by atoms with Gasteiger partial charge in [-0.2, -0.15) is 0 Å². The monoisotopic (exact) mass is 280 g/mol. The summed E-state index contributed by atoms with van der Waals surface area (Å²) in [6, 6.07) is 0.679. The van der Waals surface area contributed by atoms with E-state index in [0.717, 1.165) is 0 Å². The van der Waals surface area contributed by atoms with Crippen molar-refractivity contribution in [3.05, 3.63) is 18.5 Å². The molecule has 1 aromatic heterocycles. The lowest BCUT2D eigenvalue weighted by Crippen LogP contribution is -2.41. The molecule has 1 atom stereocenters. The van der Waals surface area contributed by atoms with Crippen LogP contribution in [0.2, 0.25) is 0 Å². The van der Waals surface area contributed by atoms with E-state index in [9.17, 15) is 9.59 Å². The van der Waals surface area contributed by atoms with Crippen LogP contribution in [0.5, 0.6) is 0 Å². The number of nitrogens with one attached hydrogen (secondary N) is 2. The minimum Gasteiger partial charge on any atom is -0.481 e. The van der Waals surface area contributed by atoms with E-state index >= 15 is 0 Å². The SMILES string of the molecule is CC(C)(C)CC(CC(=O)O)NC(=O)Nc1ncccn1. The molecule has 0 spiro atoms. The first-order chi connectivity index (χ1) is 9.26. The van der Waals surface area contributed by atoms with Crippen LogP contribution in [0.1, 0.15) is 33.6 Å². The fourth-order valence-corrected chi connectivity index (χ4v) is 1.81. The van der Waals surface area contributed by atoms with E-state index in [1.54, 1.807) is 6.07 Å². The van der Waals surface area contributed by atoms with Crippen LogP contribution in [-0.2, 0) is 4.79 Å². The van der Waals surface area contributed by atoms with Gasteiger partial charge in [-0.3, -0.25) is 10.1 Å². The zero-order chi connectivity index (χ0) is 15.2. The standard InChI is InChI=1S/C13H20N4O3/c1-13(2,3)8-9(7-10(18)19)16-12(20)17-11-14-5-4-6-15-11/h4-6,9H,7-8H2,1-3H3,(H,18,19)(H2,14,15,16,17,20). The molecule has 0 radical (unpaired) electrons. The highest BCUT2D eigenvalue weighted by atomic mass is 16.4. The molecule has 1 unspecified atom stereocenters. The summed E-state index contributed by atoms with van der Waals surface area (Å²) in [5.41, 5.74) is -0.0867. The van der Waals surface area contributed by atoms with Crippen LogP contribution in [0.3, 0.4) is 0 Å². The maximum absolute atomic E-state index is 11.8. The summed E-state index contributed by atoms with van der Waals surface area (Å²) in [5.74, 6) is -0.773. The second-order valence-corrected chi connectivity index (χ2v) is 5.73. The number of carbonyl (C=O) groups excluding carboxylic acids is 1. The second kappa shape index (κ2) is 6.83. The molecule has 20 heavy (non-hydrogen) atoms. The van der Waals surface area contributed by atoms with Gasteiger partial charge >= 0.3 is 12.0 Å². The molecule has 1 rings (SSSR count). The van der Waals surface area contributed by atoms with Crippen LogP contribution in [-0.4, -0.2) is 33.1 Å². The maximum atomic E-state index is 11.8. The van der Waals surface area contributed by atoms with Crippen molar-refractivity contribution in [3.63, 3.8) is 0 Å². The van der Waals surface area contributed by atoms with Crippen LogP contribution in [0, 0.1) is 5.41 Å². The number of carboxylic acids is 1. The lowest BCUT2D eigenvalue weighted by molar-refractivity contribution is -0.137. The maximum Gasteiger partial charge on any atom is 0.321 e. The van der Waals surface area contributed by atoms with E-state index in [4.69, 9.17) is 5.11 Å². The number of anilines is 1. The highest BCUT2D eigenvalue weighted by Crippen LogP contribution is 2.22. The summed E-state index contributed by atoms with van der Waals surface area (Å²) in [5, 5.41) is 14.0. The van der Waals surface area contributed by atoms with Gasteiger partial charge in [0.05, 0.1) is 6.42 Å². The molecule has 3 N–H and O–H groups in total. The summed E-state index contributed by atoms with van der Waals surface area (Å²) in [4.78, 5) is 30.4. The van der Waals surface area contributed by atoms with E-state index < -0.39 is 18.0 Å². The lowest BCUT2D eigenvalue weighted by Gasteiger charge is -2.25. The van der Waals surface area contributed by atoms with Crippen LogP contribution in [0.15, 0.2) is 18.5 Å². The molecule has 0 aromatic carbocycles. The quantitative estimate of drug-likeness (QED) is 0.763. The smallest absolute Gasteiger partial charge is 0.321 e. The Labute approximate surface area is 117 Å². The molecule has 1 aromatic rings. The van der Waals surface area contributed by atoms with Crippen molar-refractivity contribution in [1.82, 2.24) is 15.3 Å². The summed E-state index contributed by atoms with van der Waals surface area (Å²) in [6.07, 6.45) is 3.45. The Morgan fingerprint density at radius 3 is 2.40 bits per heavy atom. The zero-order valence-corrected chi connectivity index (χ0v) is 11.9. The Kier molecular flexibility index (Phi) is 5.42. The molecule has 0 aliphatic heterocycles. The molecule has 0 fully saturated rings. The summed E-state index contributed by atoms with van der Waals surface area (Å²) >= 11 is 0. The van der Waals surface area contributed by atoms with Gasteiger partial charge in [0, 0.05) is 18.4 Å². The number of hydrogen-bond acceptors (Lipinski definition) is 4. The van der Waals surface area contributed by atoms with Crippen molar-refractivity contribution in [1.29, 1.82) is 0 Å². The van der Waals surface area contributed by atoms with E-state index in [1.807, 2.05) is 20.8 Å². The van der Waals surface area contributed by atoms with E-state index in [0.29, 0.717) is 6.42 Å².